The highest BCUT2D eigenvalue weighted by Crippen LogP contribution is 2.38. The topological polar surface area (TPSA) is 72.7 Å². The first-order valence-electron chi connectivity index (χ1n) is 10.9. The highest BCUT2D eigenvalue weighted by atomic mass is 32.2. The van der Waals surface area contributed by atoms with E-state index in [1.54, 1.807) is 0 Å². The zero-order valence-corrected chi connectivity index (χ0v) is 21.2. The monoisotopic (exact) mass is 495 g/mol. The number of rotatable bonds is 6. The summed E-state index contributed by atoms with van der Waals surface area (Å²) in [4.78, 5) is 18.6. The summed E-state index contributed by atoms with van der Waals surface area (Å²) in [6, 6.07) is 8.21. The van der Waals surface area contributed by atoms with Crippen molar-refractivity contribution in [2.24, 2.45) is 13.0 Å². The van der Waals surface area contributed by atoms with Gasteiger partial charge in [-0.3, -0.25) is 4.79 Å². The van der Waals surface area contributed by atoms with E-state index in [-0.39, 0.29) is 11.7 Å². The molecule has 0 spiro atoms. The van der Waals surface area contributed by atoms with Gasteiger partial charge in [0.15, 0.2) is 16.1 Å². The maximum Gasteiger partial charge on any atom is 0.236 e. The van der Waals surface area contributed by atoms with E-state index in [1.807, 2.05) is 40.5 Å². The molecule has 3 heterocycles. The minimum Gasteiger partial charge on any atom is -0.305 e. The van der Waals surface area contributed by atoms with E-state index in [0.717, 1.165) is 41.0 Å². The van der Waals surface area contributed by atoms with Gasteiger partial charge in [0.1, 0.15) is 0 Å². The fourth-order valence-electron chi connectivity index (χ4n) is 4.01. The van der Waals surface area contributed by atoms with Crippen molar-refractivity contribution in [3.05, 3.63) is 51.0 Å². The largest absolute Gasteiger partial charge is 0.305 e. The second-order valence-electron chi connectivity index (χ2n) is 8.51. The van der Waals surface area contributed by atoms with Gasteiger partial charge in [0.2, 0.25) is 5.91 Å². The summed E-state index contributed by atoms with van der Waals surface area (Å²) in [7, 11) is 1.97. The van der Waals surface area contributed by atoms with Gasteiger partial charge < -0.3 is 9.88 Å². The Balaban J connectivity index is 1.22. The first-order chi connectivity index (χ1) is 16.0. The number of aromatic nitrogens is 4. The Labute approximate surface area is 205 Å². The van der Waals surface area contributed by atoms with Crippen molar-refractivity contribution in [2.45, 2.75) is 38.3 Å². The summed E-state index contributed by atoms with van der Waals surface area (Å²) in [6.07, 6.45) is 3.48. The zero-order valence-electron chi connectivity index (χ0n) is 18.8. The third-order valence-corrected chi connectivity index (χ3v) is 8.74. The van der Waals surface area contributed by atoms with Gasteiger partial charge in [-0.15, -0.1) is 32.9 Å². The Morgan fingerprint density at radius 2 is 2.03 bits per heavy atom. The highest BCUT2D eigenvalue weighted by Gasteiger charge is 2.23. The predicted octanol–water partition coefficient (Wildman–Crippen LogP) is 5.83. The van der Waals surface area contributed by atoms with Crippen LogP contribution in [0.1, 0.15) is 29.3 Å². The molecular weight excluding hydrogens is 470 g/mol. The Bertz CT molecular complexity index is 1290. The van der Waals surface area contributed by atoms with Crippen molar-refractivity contribution in [3.63, 3.8) is 0 Å². The molecule has 4 aromatic rings. The summed E-state index contributed by atoms with van der Waals surface area (Å²) in [5.41, 5.74) is 5.74. The van der Waals surface area contributed by atoms with Gasteiger partial charge in [0.05, 0.1) is 11.4 Å². The molecule has 0 fully saturated rings. The number of carbonyl (C=O) groups excluding carboxylic acids is 1. The fraction of sp³-hybridized carbons (Fsp3) is 0.333. The number of nitrogens with zero attached hydrogens (tertiary/aromatic N) is 4. The molecule has 1 N–H and O–H groups in total. The van der Waals surface area contributed by atoms with Crippen LogP contribution in [0, 0.1) is 12.8 Å². The molecule has 0 saturated heterocycles. The maximum absolute atomic E-state index is 12.5. The van der Waals surface area contributed by atoms with Crippen LogP contribution in [0.25, 0.3) is 22.6 Å². The standard InChI is InChI=1S/C24H25N5OS3/c1-14-4-7-16(8-5-14)19-12-32-23(25-19)26-21(30)13-33-24-28-27-22(29(24)3)18-11-31-20-10-15(2)6-9-17(18)20/h4-5,7-8,11-12,15H,6,9-10,13H2,1-3H3,(H,25,26,30). The summed E-state index contributed by atoms with van der Waals surface area (Å²) in [6.45, 7) is 4.38. The van der Waals surface area contributed by atoms with Crippen molar-refractivity contribution < 1.29 is 4.79 Å². The molecule has 3 aromatic heterocycles. The van der Waals surface area contributed by atoms with Crippen LogP contribution in [-0.2, 0) is 24.7 Å². The predicted molar refractivity (Wildman–Crippen MR) is 137 cm³/mol. The third-order valence-electron chi connectivity index (χ3n) is 5.91. The number of hydrogen-bond acceptors (Lipinski definition) is 7. The van der Waals surface area contributed by atoms with E-state index in [9.17, 15) is 4.79 Å². The van der Waals surface area contributed by atoms with Crippen molar-refractivity contribution in [1.29, 1.82) is 0 Å². The number of anilines is 1. The minimum absolute atomic E-state index is 0.101. The summed E-state index contributed by atoms with van der Waals surface area (Å²) < 4.78 is 2.00. The Morgan fingerprint density at radius 3 is 2.85 bits per heavy atom. The van der Waals surface area contributed by atoms with Crippen LogP contribution in [0.15, 0.2) is 40.2 Å². The number of aryl methyl sites for hydroxylation is 1. The van der Waals surface area contributed by atoms with Crippen molar-refractivity contribution >= 4 is 45.5 Å². The fourth-order valence-corrected chi connectivity index (χ4v) is 6.70. The number of benzene rings is 1. The van der Waals surface area contributed by atoms with Crippen LogP contribution in [0.4, 0.5) is 5.13 Å². The third kappa shape index (κ3) is 4.76. The molecule has 0 bridgehead atoms. The lowest BCUT2D eigenvalue weighted by molar-refractivity contribution is -0.113. The summed E-state index contributed by atoms with van der Waals surface area (Å²) in [5.74, 6) is 1.79. The summed E-state index contributed by atoms with van der Waals surface area (Å²) in [5, 5.41) is 17.2. The van der Waals surface area contributed by atoms with E-state index in [1.165, 1.54) is 51.1 Å². The van der Waals surface area contributed by atoms with Gasteiger partial charge in [-0.25, -0.2) is 4.98 Å². The molecule has 6 nitrogen and oxygen atoms in total. The lowest BCUT2D eigenvalue weighted by atomic mass is 9.88. The van der Waals surface area contributed by atoms with Crippen LogP contribution >= 0.6 is 34.4 Å². The van der Waals surface area contributed by atoms with Gasteiger partial charge in [0, 0.05) is 33.8 Å². The molecule has 1 unspecified atom stereocenters. The van der Waals surface area contributed by atoms with E-state index in [2.05, 4.69) is 51.9 Å². The van der Waals surface area contributed by atoms with Gasteiger partial charge in [-0.05, 0) is 37.7 Å². The molecule has 0 radical (unpaired) electrons. The molecule has 0 saturated carbocycles. The Kier molecular flexibility index (Phi) is 6.36. The molecule has 9 heteroatoms. The normalized spacial score (nSPS) is 15.4. The molecule has 1 aliphatic rings. The second kappa shape index (κ2) is 9.40. The van der Waals surface area contributed by atoms with Crippen LogP contribution in [0.2, 0.25) is 0 Å². The number of fused-ring (bicyclic) bond motifs is 1. The molecule has 1 aromatic carbocycles. The van der Waals surface area contributed by atoms with Crippen LogP contribution in [0.3, 0.4) is 0 Å². The van der Waals surface area contributed by atoms with Gasteiger partial charge in [0.25, 0.3) is 0 Å². The number of carbonyl (C=O) groups is 1. The van der Waals surface area contributed by atoms with E-state index in [0.29, 0.717) is 5.13 Å². The van der Waals surface area contributed by atoms with Crippen molar-refractivity contribution in [3.8, 4) is 22.6 Å². The molecular formula is C24H25N5OS3. The molecule has 170 valence electrons. The molecule has 5 rings (SSSR count). The van der Waals surface area contributed by atoms with Gasteiger partial charge in [-0.2, -0.15) is 0 Å². The SMILES string of the molecule is Cc1ccc(-c2csc(NC(=O)CSc3nnc(-c4csc5c4CCC(C)C5)n3C)n2)cc1. The lowest BCUT2D eigenvalue weighted by Crippen LogP contribution is -2.14. The van der Waals surface area contributed by atoms with E-state index in [4.69, 9.17) is 0 Å². The Morgan fingerprint density at radius 1 is 1.21 bits per heavy atom. The van der Waals surface area contributed by atoms with Crippen LogP contribution < -0.4 is 5.32 Å². The quantitative estimate of drug-likeness (QED) is 0.341. The minimum atomic E-state index is -0.101. The molecule has 33 heavy (non-hydrogen) atoms. The molecule has 1 amide bonds. The first kappa shape index (κ1) is 22.3. The molecule has 1 atom stereocenters. The summed E-state index contributed by atoms with van der Waals surface area (Å²) >= 11 is 4.66. The number of nitrogens with one attached hydrogen (secondary N) is 1. The highest BCUT2D eigenvalue weighted by molar-refractivity contribution is 7.99. The smallest absolute Gasteiger partial charge is 0.236 e. The number of thioether (sulfide) groups is 1. The maximum atomic E-state index is 12.5. The number of amides is 1. The van der Waals surface area contributed by atoms with Crippen molar-refractivity contribution in [2.75, 3.05) is 11.1 Å². The molecule has 1 aliphatic carbocycles. The molecule has 0 aliphatic heterocycles. The number of thiophene rings is 1. The number of hydrogen-bond donors (Lipinski definition) is 1. The lowest BCUT2D eigenvalue weighted by Gasteiger charge is -2.18. The average Bonchev–Trinajstić information content (AvgIpc) is 3.51. The number of thiazole rings is 1. The van der Waals surface area contributed by atoms with Crippen LogP contribution in [-0.4, -0.2) is 31.4 Å². The second-order valence-corrected chi connectivity index (χ2v) is 11.3. The Hall–Kier alpha value is -2.49. The van der Waals surface area contributed by atoms with Gasteiger partial charge in [-0.1, -0.05) is 48.5 Å². The van der Waals surface area contributed by atoms with Crippen LogP contribution in [0.5, 0.6) is 0 Å². The van der Waals surface area contributed by atoms with E-state index < -0.39 is 0 Å². The van der Waals surface area contributed by atoms with Crippen molar-refractivity contribution in [1.82, 2.24) is 19.7 Å². The first-order valence-corrected chi connectivity index (χ1v) is 13.7. The zero-order chi connectivity index (χ0) is 22.9. The van der Waals surface area contributed by atoms with Gasteiger partial charge >= 0.3 is 0 Å². The average molecular weight is 496 g/mol. The van der Waals surface area contributed by atoms with E-state index >= 15 is 0 Å².